The van der Waals surface area contributed by atoms with Crippen molar-refractivity contribution in [2.24, 2.45) is 0 Å². The van der Waals surface area contributed by atoms with Crippen molar-refractivity contribution >= 4 is 11.4 Å². The Labute approximate surface area is 162 Å². The maximum Gasteiger partial charge on any atom is 0.0991 e. The van der Waals surface area contributed by atoms with Crippen LogP contribution in [0.3, 0.4) is 0 Å². The Bertz CT molecular complexity index is 753. The Hall–Kier alpha value is -2.55. The molecular weight excluding hydrogens is 334 g/mol. The second-order valence-corrected chi connectivity index (χ2v) is 7.46. The van der Waals surface area contributed by atoms with Crippen LogP contribution in [0.1, 0.15) is 23.6 Å². The van der Waals surface area contributed by atoms with Gasteiger partial charge in [-0.2, -0.15) is 5.26 Å². The summed E-state index contributed by atoms with van der Waals surface area (Å²) in [6, 6.07) is 18.8. The second-order valence-electron chi connectivity index (χ2n) is 7.46. The van der Waals surface area contributed by atoms with Crippen molar-refractivity contribution in [2.75, 3.05) is 57.5 Å². The fourth-order valence-corrected chi connectivity index (χ4v) is 3.70. The molecule has 0 bridgehead atoms. The van der Waals surface area contributed by atoms with Crippen LogP contribution in [0, 0.1) is 11.3 Å². The van der Waals surface area contributed by atoms with E-state index in [9.17, 15) is 0 Å². The fourth-order valence-electron chi connectivity index (χ4n) is 3.70. The van der Waals surface area contributed by atoms with Crippen LogP contribution >= 0.6 is 0 Å². The van der Waals surface area contributed by atoms with E-state index in [2.05, 4.69) is 59.1 Å². The van der Waals surface area contributed by atoms with Crippen LogP contribution in [0.2, 0.25) is 0 Å². The number of nitrogens with two attached hydrogens (primary N) is 1. The van der Waals surface area contributed by atoms with E-state index < -0.39 is 0 Å². The molecule has 1 fully saturated rings. The molecule has 2 aromatic rings. The van der Waals surface area contributed by atoms with Crippen molar-refractivity contribution in [2.45, 2.75) is 12.5 Å². The van der Waals surface area contributed by atoms with Gasteiger partial charge in [-0.15, -0.1) is 0 Å². The van der Waals surface area contributed by atoms with Gasteiger partial charge >= 0.3 is 0 Å². The monoisotopic (exact) mass is 363 g/mol. The van der Waals surface area contributed by atoms with Crippen LogP contribution < -0.4 is 10.6 Å². The van der Waals surface area contributed by atoms with E-state index >= 15 is 0 Å². The van der Waals surface area contributed by atoms with Gasteiger partial charge in [0.2, 0.25) is 0 Å². The zero-order valence-electron chi connectivity index (χ0n) is 16.3. The molecule has 5 nitrogen and oxygen atoms in total. The topological polar surface area (TPSA) is 59.5 Å². The highest BCUT2D eigenvalue weighted by Crippen LogP contribution is 2.27. The highest BCUT2D eigenvalue weighted by molar-refractivity contribution is 5.53. The van der Waals surface area contributed by atoms with Gasteiger partial charge in [0.25, 0.3) is 0 Å². The van der Waals surface area contributed by atoms with Gasteiger partial charge < -0.3 is 15.5 Å². The Morgan fingerprint density at radius 3 is 2.19 bits per heavy atom. The molecule has 2 aromatic carbocycles. The van der Waals surface area contributed by atoms with Gasteiger partial charge in [0.05, 0.1) is 11.6 Å². The Kier molecular flexibility index (Phi) is 6.33. The summed E-state index contributed by atoms with van der Waals surface area (Å²) in [4.78, 5) is 7.25. The Morgan fingerprint density at radius 1 is 1.00 bits per heavy atom. The second kappa shape index (κ2) is 8.90. The lowest BCUT2D eigenvalue weighted by Crippen LogP contribution is -2.48. The molecule has 142 valence electrons. The average Bonchev–Trinajstić information content (AvgIpc) is 2.69. The number of hydrogen-bond acceptors (Lipinski definition) is 5. The van der Waals surface area contributed by atoms with E-state index in [0.29, 0.717) is 6.04 Å². The summed E-state index contributed by atoms with van der Waals surface area (Å²) in [5.74, 6) is 0. The zero-order valence-corrected chi connectivity index (χ0v) is 16.3. The summed E-state index contributed by atoms with van der Waals surface area (Å²) >= 11 is 0. The summed E-state index contributed by atoms with van der Waals surface area (Å²) in [5, 5.41) is 9.07. The smallest absolute Gasteiger partial charge is 0.0991 e. The SMILES string of the molecule is CN(C)CCC(c1ccc(C#N)cc1)N1CCN(c2ccc(N)cc2)CC1. The largest absolute Gasteiger partial charge is 0.399 e. The predicted octanol–water partition coefficient (Wildman–Crippen LogP) is 2.96. The van der Waals surface area contributed by atoms with Crippen LogP contribution in [0.5, 0.6) is 0 Å². The van der Waals surface area contributed by atoms with Crippen molar-refractivity contribution in [3.8, 4) is 6.07 Å². The molecule has 0 aliphatic carbocycles. The van der Waals surface area contributed by atoms with Gasteiger partial charge in [-0.05, 0) is 69.0 Å². The summed E-state index contributed by atoms with van der Waals surface area (Å²) in [6.45, 7) is 5.13. The summed E-state index contributed by atoms with van der Waals surface area (Å²) < 4.78 is 0. The van der Waals surface area contributed by atoms with E-state index in [0.717, 1.165) is 50.4 Å². The van der Waals surface area contributed by atoms with Crippen LogP contribution in [0.15, 0.2) is 48.5 Å². The lowest BCUT2D eigenvalue weighted by atomic mass is 9.99. The Morgan fingerprint density at radius 2 is 1.63 bits per heavy atom. The van der Waals surface area contributed by atoms with Crippen LogP contribution in [-0.4, -0.2) is 56.6 Å². The van der Waals surface area contributed by atoms with E-state index in [1.54, 1.807) is 0 Å². The minimum atomic E-state index is 0.383. The third-order valence-electron chi connectivity index (χ3n) is 5.29. The summed E-state index contributed by atoms with van der Waals surface area (Å²) in [7, 11) is 4.24. The number of nitriles is 1. The molecule has 0 amide bonds. The highest BCUT2D eigenvalue weighted by Gasteiger charge is 2.25. The van der Waals surface area contributed by atoms with Gasteiger partial charge in [-0.1, -0.05) is 12.1 Å². The normalized spacial score (nSPS) is 16.3. The number of hydrogen-bond donors (Lipinski definition) is 1. The molecule has 27 heavy (non-hydrogen) atoms. The van der Waals surface area contributed by atoms with Crippen LogP contribution in [0.25, 0.3) is 0 Å². The molecule has 1 aliphatic heterocycles. The quantitative estimate of drug-likeness (QED) is 0.800. The summed E-state index contributed by atoms with van der Waals surface area (Å²) in [5.41, 5.74) is 9.88. The molecule has 0 spiro atoms. The number of benzene rings is 2. The first-order valence-corrected chi connectivity index (χ1v) is 9.56. The van der Waals surface area contributed by atoms with Gasteiger partial charge in [-0.25, -0.2) is 0 Å². The molecule has 5 heteroatoms. The molecular formula is C22H29N5. The predicted molar refractivity (Wildman–Crippen MR) is 112 cm³/mol. The highest BCUT2D eigenvalue weighted by atomic mass is 15.3. The molecule has 1 aliphatic rings. The van der Waals surface area contributed by atoms with Gasteiger partial charge in [0.1, 0.15) is 0 Å². The Balaban J connectivity index is 1.69. The number of nitrogens with zero attached hydrogens (tertiary/aromatic N) is 4. The first-order valence-electron chi connectivity index (χ1n) is 9.56. The lowest BCUT2D eigenvalue weighted by Gasteiger charge is -2.41. The molecule has 0 radical (unpaired) electrons. The number of anilines is 2. The first-order chi connectivity index (χ1) is 13.1. The van der Waals surface area contributed by atoms with Gasteiger partial charge in [0.15, 0.2) is 0 Å². The first kappa shape index (κ1) is 19.2. The van der Waals surface area contributed by atoms with Crippen molar-refractivity contribution in [1.29, 1.82) is 5.26 Å². The van der Waals surface area contributed by atoms with E-state index in [1.165, 1.54) is 11.3 Å². The molecule has 3 rings (SSSR count). The van der Waals surface area contributed by atoms with Crippen LogP contribution in [-0.2, 0) is 0 Å². The molecule has 2 N–H and O–H groups in total. The minimum Gasteiger partial charge on any atom is -0.399 e. The van der Waals surface area contributed by atoms with Crippen molar-refractivity contribution in [1.82, 2.24) is 9.80 Å². The molecule has 1 heterocycles. The molecule has 0 saturated carbocycles. The maximum absolute atomic E-state index is 9.07. The zero-order chi connectivity index (χ0) is 19.2. The standard InChI is InChI=1S/C22H29N5/c1-25(2)12-11-22(19-5-3-18(17-23)4-6-19)27-15-13-26(14-16-27)21-9-7-20(24)8-10-21/h3-10,22H,11-16,24H2,1-2H3. The third-order valence-corrected chi connectivity index (χ3v) is 5.29. The number of nitrogen functional groups attached to an aromatic ring is 1. The lowest BCUT2D eigenvalue weighted by molar-refractivity contribution is 0.166. The molecule has 1 atom stereocenters. The van der Waals surface area contributed by atoms with Crippen molar-refractivity contribution in [3.05, 3.63) is 59.7 Å². The number of rotatable bonds is 6. The summed E-state index contributed by atoms with van der Waals surface area (Å²) in [6.07, 6.45) is 1.08. The van der Waals surface area contributed by atoms with Crippen molar-refractivity contribution in [3.63, 3.8) is 0 Å². The van der Waals surface area contributed by atoms with E-state index in [1.807, 2.05) is 24.3 Å². The van der Waals surface area contributed by atoms with Crippen molar-refractivity contribution < 1.29 is 0 Å². The third kappa shape index (κ3) is 5.00. The van der Waals surface area contributed by atoms with Gasteiger partial charge in [0, 0.05) is 43.6 Å². The average molecular weight is 364 g/mol. The number of piperazine rings is 1. The minimum absolute atomic E-state index is 0.383. The van der Waals surface area contributed by atoms with Crippen LogP contribution in [0.4, 0.5) is 11.4 Å². The van der Waals surface area contributed by atoms with E-state index in [4.69, 9.17) is 11.0 Å². The van der Waals surface area contributed by atoms with Gasteiger partial charge in [-0.3, -0.25) is 4.90 Å². The molecule has 0 aromatic heterocycles. The van der Waals surface area contributed by atoms with E-state index in [-0.39, 0.29) is 0 Å². The molecule has 1 saturated heterocycles. The fraction of sp³-hybridized carbons (Fsp3) is 0.409. The maximum atomic E-state index is 9.07. The molecule has 1 unspecified atom stereocenters.